The number of hydrogen-bond acceptors (Lipinski definition) is 6. The van der Waals surface area contributed by atoms with Gasteiger partial charge in [-0.05, 0) is 23.6 Å². The van der Waals surface area contributed by atoms with Crippen molar-refractivity contribution in [1.82, 2.24) is 0 Å². The molecule has 2 heterocycles. The van der Waals surface area contributed by atoms with Gasteiger partial charge >= 0.3 is 11.9 Å². The number of rotatable bonds is 5. The van der Waals surface area contributed by atoms with Gasteiger partial charge in [0, 0.05) is 17.1 Å². The van der Waals surface area contributed by atoms with Crippen molar-refractivity contribution in [2.75, 3.05) is 7.11 Å². The predicted octanol–water partition coefficient (Wildman–Crippen LogP) is 3.96. The SMILES string of the molecule is CO[C@]12O[C@H](C(=O)c3ccccc31)[C@@](C(=O)OCc1ccc(Br)cc1)(C(C)C)O2. The average Bonchev–Trinajstić information content (AvgIpc) is 3.07. The lowest BCUT2D eigenvalue weighted by Gasteiger charge is -2.32. The monoisotopic (exact) mass is 460 g/mol. The molecule has 29 heavy (non-hydrogen) atoms. The number of esters is 1. The number of ether oxygens (including phenoxy) is 4. The third-order valence-electron chi connectivity index (χ3n) is 5.45. The molecule has 0 N–H and O–H groups in total. The molecule has 0 aliphatic carbocycles. The van der Waals surface area contributed by atoms with Gasteiger partial charge in [0.1, 0.15) is 6.61 Å². The van der Waals surface area contributed by atoms with E-state index < -0.39 is 29.6 Å². The fourth-order valence-corrected chi connectivity index (χ4v) is 4.13. The van der Waals surface area contributed by atoms with Gasteiger partial charge in [0.15, 0.2) is 11.9 Å². The highest BCUT2D eigenvalue weighted by Crippen LogP contribution is 2.52. The van der Waals surface area contributed by atoms with Crippen LogP contribution in [0.3, 0.4) is 0 Å². The normalized spacial score (nSPS) is 27.8. The lowest BCUT2D eigenvalue weighted by molar-refractivity contribution is -0.352. The molecule has 1 fully saturated rings. The zero-order valence-electron chi connectivity index (χ0n) is 16.3. The summed E-state index contributed by atoms with van der Waals surface area (Å²) in [4.78, 5) is 26.5. The van der Waals surface area contributed by atoms with E-state index >= 15 is 0 Å². The molecule has 0 spiro atoms. The summed E-state index contributed by atoms with van der Waals surface area (Å²) in [6.07, 6.45) is -1.16. The third-order valence-corrected chi connectivity index (χ3v) is 5.98. The first kappa shape index (κ1) is 20.2. The van der Waals surface area contributed by atoms with E-state index in [2.05, 4.69) is 15.9 Å². The first-order valence-corrected chi connectivity index (χ1v) is 10.1. The fraction of sp³-hybridized carbons (Fsp3) is 0.364. The molecule has 0 aromatic heterocycles. The van der Waals surface area contributed by atoms with E-state index in [4.69, 9.17) is 18.9 Å². The molecule has 2 aromatic rings. The van der Waals surface area contributed by atoms with Crippen LogP contribution in [-0.2, 0) is 36.3 Å². The van der Waals surface area contributed by atoms with Crippen molar-refractivity contribution in [1.29, 1.82) is 0 Å². The van der Waals surface area contributed by atoms with Crippen LogP contribution in [0.1, 0.15) is 35.3 Å². The molecule has 4 rings (SSSR count). The van der Waals surface area contributed by atoms with Crippen molar-refractivity contribution < 1.29 is 28.5 Å². The number of carbonyl (C=O) groups is 2. The number of methoxy groups -OCH3 is 1. The smallest absolute Gasteiger partial charge is 0.342 e. The highest BCUT2D eigenvalue weighted by atomic mass is 79.9. The van der Waals surface area contributed by atoms with Crippen LogP contribution in [0.2, 0.25) is 0 Å². The Labute approximate surface area is 177 Å². The molecule has 0 unspecified atom stereocenters. The minimum absolute atomic E-state index is 0.0534. The van der Waals surface area contributed by atoms with Gasteiger partial charge in [-0.2, -0.15) is 0 Å². The van der Waals surface area contributed by atoms with Crippen molar-refractivity contribution >= 4 is 27.7 Å². The van der Waals surface area contributed by atoms with Crippen LogP contribution in [-0.4, -0.2) is 30.6 Å². The average molecular weight is 461 g/mol. The maximum atomic E-state index is 13.3. The Kier molecular flexibility index (Phi) is 5.11. The molecule has 2 aromatic carbocycles. The van der Waals surface area contributed by atoms with Gasteiger partial charge in [-0.15, -0.1) is 0 Å². The summed E-state index contributed by atoms with van der Waals surface area (Å²) in [6, 6.07) is 14.3. The van der Waals surface area contributed by atoms with Gasteiger partial charge < -0.3 is 18.9 Å². The lowest BCUT2D eigenvalue weighted by Crippen LogP contribution is -2.55. The summed E-state index contributed by atoms with van der Waals surface area (Å²) in [6.45, 7) is 3.65. The summed E-state index contributed by atoms with van der Waals surface area (Å²) in [5.74, 6) is -3.00. The highest BCUT2D eigenvalue weighted by Gasteiger charge is 2.70. The van der Waals surface area contributed by atoms with Gasteiger partial charge in [0.2, 0.25) is 5.60 Å². The van der Waals surface area contributed by atoms with Crippen LogP contribution in [0.15, 0.2) is 53.0 Å². The lowest BCUT2D eigenvalue weighted by atomic mass is 9.81. The van der Waals surface area contributed by atoms with Crippen LogP contribution in [0, 0.1) is 5.92 Å². The molecule has 3 atom stereocenters. The predicted molar refractivity (Wildman–Crippen MR) is 107 cm³/mol. The minimum atomic E-state index is -1.63. The quantitative estimate of drug-likeness (QED) is 0.628. The Morgan fingerprint density at radius 3 is 2.52 bits per heavy atom. The van der Waals surface area contributed by atoms with Crippen LogP contribution in [0.25, 0.3) is 0 Å². The van der Waals surface area contributed by atoms with E-state index in [9.17, 15) is 9.59 Å². The van der Waals surface area contributed by atoms with Crippen LogP contribution in [0.4, 0.5) is 0 Å². The number of fused-ring (bicyclic) bond motifs is 4. The largest absolute Gasteiger partial charge is 0.459 e. The Bertz CT molecular complexity index is 956. The van der Waals surface area contributed by atoms with Crippen molar-refractivity contribution in [3.8, 4) is 0 Å². The Hall–Kier alpha value is -2.06. The maximum Gasteiger partial charge on any atom is 0.342 e. The van der Waals surface area contributed by atoms with E-state index in [-0.39, 0.29) is 12.4 Å². The number of hydrogen-bond donors (Lipinski definition) is 0. The first-order chi connectivity index (χ1) is 13.8. The van der Waals surface area contributed by atoms with Crippen LogP contribution >= 0.6 is 15.9 Å². The third kappa shape index (κ3) is 3.04. The second kappa shape index (κ2) is 7.32. The van der Waals surface area contributed by atoms with Crippen molar-refractivity contribution in [3.05, 3.63) is 69.7 Å². The second-order valence-corrected chi connectivity index (χ2v) is 8.34. The molecule has 1 saturated heterocycles. The van der Waals surface area contributed by atoms with Crippen LogP contribution < -0.4 is 0 Å². The molecule has 2 aliphatic heterocycles. The highest BCUT2D eigenvalue weighted by molar-refractivity contribution is 9.10. The van der Waals surface area contributed by atoms with E-state index in [1.165, 1.54) is 7.11 Å². The fourth-order valence-electron chi connectivity index (χ4n) is 3.86. The Morgan fingerprint density at radius 1 is 1.17 bits per heavy atom. The van der Waals surface area contributed by atoms with E-state index in [1.54, 1.807) is 38.1 Å². The van der Waals surface area contributed by atoms with Crippen molar-refractivity contribution in [2.24, 2.45) is 5.92 Å². The van der Waals surface area contributed by atoms with Gasteiger partial charge in [-0.25, -0.2) is 4.79 Å². The zero-order chi connectivity index (χ0) is 20.8. The molecule has 0 saturated carbocycles. The summed E-state index contributed by atoms with van der Waals surface area (Å²) >= 11 is 3.38. The summed E-state index contributed by atoms with van der Waals surface area (Å²) in [5, 5.41) is 0. The molecule has 0 amide bonds. The van der Waals surface area contributed by atoms with Gasteiger partial charge in [-0.3, -0.25) is 4.79 Å². The molecular formula is C22H21BrO6. The molecule has 2 bridgehead atoms. The number of ketones is 1. The standard InChI is InChI=1S/C22H21BrO6/c1-13(2)21(20(25)27-12-14-8-10-15(23)11-9-14)19-18(24)16-6-4-5-7-17(16)22(26-3,28-19)29-21/h4-11,13,19H,12H2,1-3H3/t19-,21-,22+/m1/s1. The molecule has 152 valence electrons. The topological polar surface area (TPSA) is 71.1 Å². The van der Waals surface area contributed by atoms with Crippen LogP contribution in [0.5, 0.6) is 0 Å². The molecule has 2 aliphatic rings. The number of benzene rings is 2. The van der Waals surface area contributed by atoms with Gasteiger partial charge in [0.25, 0.3) is 0 Å². The summed E-state index contributed by atoms with van der Waals surface area (Å²) in [7, 11) is 1.42. The van der Waals surface area contributed by atoms with Crippen molar-refractivity contribution in [3.63, 3.8) is 0 Å². The number of halogens is 1. The number of carbonyl (C=O) groups excluding carboxylic acids is 2. The Balaban J connectivity index is 1.69. The second-order valence-electron chi connectivity index (χ2n) is 7.42. The molecule has 7 heteroatoms. The maximum absolute atomic E-state index is 13.3. The van der Waals surface area contributed by atoms with Crippen molar-refractivity contribution in [2.45, 2.75) is 38.1 Å². The van der Waals surface area contributed by atoms with E-state index in [0.717, 1.165) is 10.0 Å². The molecule has 6 nitrogen and oxygen atoms in total. The van der Waals surface area contributed by atoms with E-state index in [1.807, 2.05) is 24.3 Å². The minimum Gasteiger partial charge on any atom is -0.459 e. The molecule has 0 radical (unpaired) electrons. The van der Waals surface area contributed by atoms with E-state index in [0.29, 0.717) is 11.1 Å². The summed E-state index contributed by atoms with van der Waals surface area (Å²) < 4.78 is 24.2. The molecular weight excluding hydrogens is 440 g/mol. The zero-order valence-corrected chi connectivity index (χ0v) is 17.9. The van der Waals surface area contributed by atoms with Gasteiger partial charge in [-0.1, -0.05) is 66.2 Å². The number of Topliss-reactive ketones (excluding diaryl/α,β-unsaturated/α-hetero) is 1. The van der Waals surface area contributed by atoms with Gasteiger partial charge in [0.05, 0.1) is 5.56 Å². The Morgan fingerprint density at radius 2 is 1.86 bits per heavy atom. The first-order valence-electron chi connectivity index (χ1n) is 9.32. The summed E-state index contributed by atoms with van der Waals surface area (Å²) in [5.41, 5.74) is 0.0702.